The number of carbonyl (C=O) groups excluding carboxylic acids is 3. The molecule has 4 amide bonds. The van der Waals surface area contributed by atoms with E-state index in [0.29, 0.717) is 33.7 Å². The van der Waals surface area contributed by atoms with Gasteiger partial charge in [-0.3, -0.25) is 14.9 Å². The predicted octanol–water partition coefficient (Wildman–Crippen LogP) is 7.97. The van der Waals surface area contributed by atoms with E-state index in [9.17, 15) is 14.4 Å². The van der Waals surface area contributed by atoms with Crippen LogP contribution in [-0.2, 0) is 22.8 Å². The summed E-state index contributed by atoms with van der Waals surface area (Å²) < 4.78 is 12.0. The number of amides is 4. The highest BCUT2D eigenvalue weighted by atomic mass is 35.5. The molecule has 44 heavy (non-hydrogen) atoms. The molecule has 1 aliphatic rings. The molecule has 6 rings (SSSR count). The molecule has 1 saturated heterocycles. The van der Waals surface area contributed by atoms with Crippen molar-refractivity contribution in [2.24, 2.45) is 0 Å². The van der Waals surface area contributed by atoms with Crippen LogP contribution in [0.25, 0.3) is 16.8 Å². The van der Waals surface area contributed by atoms with Crippen molar-refractivity contribution in [1.29, 1.82) is 0 Å². The number of hydrogen-bond donors (Lipinski definition) is 1. The number of benzene rings is 5. The molecule has 0 aliphatic carbocycles. The van der Waals surface area contributed by atoms with E-state index in [1.807, 2.05) is 66.7 Å². The Kier molecular flexibility index (Phi) is 8.32. The third-order valence-corrected chi connectivity index (χ3v) is 7.65. The summed E-state index contributed by atoms with van der Waals surface area (Å²) in [6, 6.07) is 31.6. The molecule has 9 heteroatoms. The topological polar surface area (TPSA) is 84.9 Å². The molecule has 0 aromatic heterocycles. The first-order chi connectivity index (χ1) is 21.4. The zero-order valence-corrected chi connectivity index (χ0v) is 24.6. The van der Waals surface area contributed by atoms with Crippen LogP contribution in [0.1, 0.15) is 16.7 Å². The van der Waals surface area contributed by atoms with Crippen LogP contribution in [0.15, 0.2) is 115 Å². The van der Waals surface area contributed by atoms with Gasteiger partial charge in [-0.15, -0.1) is 0 Å². The van der Waals surface area contributed by atoms with E-state index in [0.717, 1.165) is 26.8 Å². The van der Waals surface area contributed by atoms with E-state index in [-0.39, 0.29) is 17.9 Å². The number of carbonyl (C=O) groups is 3. The van der Waals surface area contributed by atoms with Crippen LogP contribution in [0.3, 0.4) is 0 Å². The number of imide groups is 2. The summed E-state index contributed by atoms with van der Waals surface area (Å²) >= 11 is 12.2. The standard InChI is InChI=1S/C35H24Cl2N2O5/c36-25-12-10-24(31(37)18-25)21-43-27-15-13-26(14-16-27)39-34(41)30(33(40)38-35(39)42)19-29-28-9-5-4-8-23(28)11-17-32(29)44-20-22-6-2-1-3-7-22/h1-19H,20-21H2,(H,38,40,42)/b30-19+. The number of nitrogens with zero attached hydrogens (tertiary/aromatic N) is 1. The van der Waals surface area contributed by atoms with Crippen LogP contribution in [0, 0.1) is 0 Å². The van der Waals surface area contributed by atoms with Gasteiger partial charge in [-0.05, 0) is 64.9 Å². The van der Waals surface area contributed by atoms with E-state index in [2.05, 4.69) is 5.32 Å². The third-order valence-electron chi connectivity index (χ3n) is 7.06. The molecule has 0 saturated carbocycles. The van der Waals surface area contributed by atoms with Crippen molar-refractivity contribution < 1.29 is 23.9 Å². The van der Waals surface area contributed by atoms with Crippen molar-refractivity contribution in [3.05, 3.63) is 142 Å². The molecule has 1 fully saturated rings. The minimum Gasteiger partial charge on any atom is -0.489 e. The van der Waals surface area contributed by atoms with Gasteiger partial charge in [-0.1, -0.05) is 89.9 Å². The average Bonchev–Trinajstić information content (AvgIpc) is 3.03. The maximum Gasteiger partial charge on any atom is 0.335 e. The summed E-state index contributed by atoms with van der Waals surface area (Å²) in [4.78, 5) is 40.5. The summed E-state index contributed by atoms with van der Waals surface area (Å²) in [5.41, 5.74) is 2.33. The van der Waals surface area contributed by atoms with Crippen LogP contribution in [0.4, 0.5) is 10.5 Å². The Balaban J connectivity index is 1.28. The Morgan fingerprint density at radius 3 is 2.27 bits per heavy atom. The molecule has 1 N–H and O–H groups in total. The molecule has 0 spiro atoms. The number of nitrogens with one attached hydrogen (secondary N) is 1. The fraction of sp³-hybridized carbons (Fsp3) is 0.0571. The van der Waals surface area contributed by atoms with Crippen LogP contribution >= 0.6 is 23.2 Å². The number of anilines is 1. The molecular weight excluding hydrogens is 599 g/mol. The molecule has 0 atom stereocenters. The summed E-state index contributed by atoms with van der Waals surface area (Å²) in [6.45, 7) is 0.484. The number of ether oxygens (including phenoxy) is 2. The normalized spacial score (nSPS) is 14.2. The molecular formula is C35H24Cl2N2O5. The number of rotatable bonds is 8. The van der Waals surface area contributed by atoms with Crippen molar-refractivity contribution in [2.75, 3.05) is 4.90 Å². The van der Waals surface area contributed by atoms with Gasteiger partial charge in [-0.2, -0.15) is 0 Å². The van der Waals surface area contributed by atoms with Gasteiger partial charge in [0.05, 0.1) is 5.69 Å². The third kappa shape index (κ3) is 6.15. The van der Waals surface area contributed by atoms with Crippen LogP contribution in [-0.4, -0.2) is 17.8 Å². The van der Waals surface area contributed by atoms with Crippen molar-refractivity contribution in [3.8, 4) is 11.5 Å². The highest BCUT2D eigenvalue weighted by Crippen LogP contribution is 2.33. The van der Waals surface area contributed by atoms with Crippen LogP contribution in [0.5, 0.6) is 11.5 Å². The van der Waals surface area contributed by atoms with Gasteiger partial charge in [0.1, 0.15) is 30.3 Å². The van der Waals surface area contributed by atoms with E-state index in [1.165, 1.54) is 6.08 Å². The van der Waals surface area contributed by atoms with Gasteiger partial charge in [0.15, 0.2) is 0 Å². The second-order valence-corrected chi connectivity index (χ2v) is 10.8. The lowest BCUT2D eigenvalue weighted by Crippen LogP contribution is -2.54. The van der Waals surface area contributed by atoms with Crippen molar-refractivity contribution >= 4 is 63.6 Å². The smallest absolute Gasteiger partial charge is 0.335 e. The molecule has 1 heterocycles. The van der Waals surface area contributed by atoms with Gasteiger partial charge < -0.3 is 9.47 Å². The number of halogens is 2. The van der Waals surface area contributed by atoms with Gasteiger partial charge in [0.2, 0.25) is 0 Å². The quantitative estimate of drug-likeness (QED) is 0.140. The maximum absolute atomic E-state index is 13.7. The minimum absolute atomic E-state index is 0.194. The number of fused-ring (bicyclic) bond motifs is 1. The van der Waals surface area contributed by atoms with Crippen molar-refractivity contribution in [2.45, 2.75) is 13.2 Å². The predicted molar refractivity (Wildman–Crippen MR) is 171 cm³/mol. The first-order valence-electron chi connectivity index (χ1n) is 13.6. The number of urea groups is 1. The van der Waals surface area contributed by atoms with Crippen LogP contribution < -0.4 is 19.7 Å². The Hall–Kier alpha value is -5.11. The second kappa shape index (κ2) is 12.6. The lowest BCUT2D eigenvalue weighted by atomic mass is 9.99. The van der Waals surface area contributed by atoms with Crippen molar-refractivity contribution in [3.63, 3.8) is 0 Å². The first kappa shape index (κ1) is 29.0. The lowest BCUT2D eigenvalue weighted by molar-refractivity contribution is -0.122. The van der Waals surface area contributed by atoms with E-state index in [4.69, 9.17) is 32.7 Å². The van der Waals surface area contributed by atoms with E-state index < -0.39 is 17.8 Å². The molecule has 218 valence electrons. The maximum atomic E-state index is 13.7. The van der Waals surface area contributed by atoms with E-state index >= 15 is 0 Å². The molecule has 7 nitrogen and oxygen atoms in total. The highest BCUT2D eigenvalue weighted by molar-refractivity contribution is 6.39. The Labute approximate surface area is 263 Å². The average molecular weight is 623 g/mol. The SMILES string of the molecule is O=C1NC(=O)N(c2ccc(OCc3ccc(Cl)cc3Cl)cc2)C(=O)/C1=C/c1c(OCc2ccccc2)ccc2ccccc12. The zero-order chi connectivity index (χ0) is 30.6. The largest absolute Gasteiger partial charge is 0.489 e. The molecule has 0 radical (unpaired) electrons. The van der Waals surface area contributed by atoms with Gasteiger partial charge in [-0.25, -0.2) is 9.69 Å². The summed E-state index contributed by atoms with van der Waals surface area (Å²) in [7, 11) is 0. The summed E-state index contributed by atoms with van der Waals surface area (Å²) in [6.07, 6.45) is 1.48. The Bertz CT molecular complexity index is 1920. The molecule has 5 aromatic rings. The van der Waals surface area contributed by atoms with Crippen molar-refractivity contribution in [1.82, 2.24) is 5.32 Å². The Morgan fingerprint density at radius 2 is 1.50 bits per heavy atom. The van der Waals surface area contributed by atoms with Gasteiger partial charge >= 0.3 is 6.03 Å². The minimum atomic E-state index is -0.850. The number of hydrogen-bond acceptors (Lipinski definition) is 5. The summed E-state index contributed by atoms with van der Waals surface area (Å²) in [5.74, 6) is -0.570. The second-order valence-electron chi connectivity index (χ2n) is 9.95. The molecule has 5 aromatic carbocycles. The first-order valence-corrected chi connectivity index (χ1v) is 14.4. The Morgan fingerprint density at radius 1 is 0.750 bits per heavy atom. The fourth-order valence-corrected chi connectivity index (χ4v) is 5.28. The highest BCUT2D eigenvalue weighted by Gasteiger charge is 2.37. The monoisotopic (exact) mass is 622 g/mol. The summed E-state index contributed by atoms with van der Waals surface area (Å²) in [5, 5.41) is 4.98. The van der Waals surface area contributed by atoms with Crippen LogP contribution in [0.2, 0.25) is 10.0 Å². The fourth-order valence-electron chi connectivity index (χ4n) is 4.81. The molecule has 0 unspecified atom stereocenters. The molecule has 1 aliphatic heterocycles. The molecule has 0 bridgehead atoms. The lowest BCUT2D eigenvalue weighted by Gasteiger charge is -2.26. The van der Waals surface area contributed by atoms with Gasteiger partial charge in [0, 0.05) is 21.2 Å². The van der Waals surface area contributed by atoms with E-state index in [1.54, 1.807) is 42.5 Å². The van der Waals surface area contributed by atoms with Gasteiger partial charge in [0.25, 0.3) is 11.8 Å². The number of barbiturate groups is 1. The zero-order valence-electron chi connectivity index (χ0n) is 23.1.